The second-order valence-corrected chi connectivity index (χ2v) is 7.51. The van der Waals surface area contributed by atoms with Gasteiger partial charge in [0.2, 0.25) is 0 Å². The molecule has 13 heteroatoms. The van der Waals surface area contributed by atoms with Crippen LogP contribution in [0.3, 0.4) is 0 Å². The Balaban J connectivity index is 1.57. The molecule has 0 radical (unpaired) electrons. The van der Waals surface area contributed by atoms with Crippen molar-refractivity contribution in [1.82, 2.24) is 30.9 Å². The highest BCUT2D eigenvalue weighted by molar-refractivity contribution is 5.97. The zero-order valence-corrected chi connectivity index (χ0v) is 18.4. The third kappa shape index (κ3) is 5.82. The summed E-state index contributed by atoms with van der Waals surface area (Å²) in [5.74, 6) is -0.418. The number of aromatic nitrogens is 5. The van der Waals surface area contributed by atoms with Crippen molar-refractivity contribution < 1.29 is 32.9 Å². The number of carbonyl (C=O) groups excluding carboxylic acids is 1. The fraction of sp³-hybridized carbons (Fsp3) is 0.174. The lowest BCUT2D eigenvalue weighted by Gasteiger charge is -2.14. The minimum atomic E-state index is -4.66. The number of tetrazole rings is 1. The fourth-order valence-electron chi connectivity index (χ4n) is 3.20. The van der Waals surface area contributed by atoms with Gasteiger partial charge in [0.1, 0.15) is 17.6 Å². The monoisotopic (exact) mass is 500 g/mol. The Morgan fingerprint density at radius 1 is 1.11 bits per heavy atom. The van der Waals surface area contributed by atoms with Crippen molar-refractivity contribution in [3.05, 3.63) is 83.3 Å². The van der Waals surface area contributed by atoms with Gasteiger partial charge in [-0.25, -0.2) is 10.1 Å². The summed E-state index contributed by atoms with van der Waals surface area (Å²) < 4.78 is 45.5. The first-order valence-electron chi connectivity index (χ1n) is 10.5. The van der Waals surface area contributed by atoms with Crippen molar-refractivity contribution in [2.45, 2.75) is 18.8 Å². The van der Waals surface area contributed by atoms with Crippen LogP contribution in [0.5, 0.6) is 11.5 Å². The van der Waals surface area contributed by atoms with Gasteiger partial charge in [-0.15, -0.1) is 5.10 Å². The first-order chi connectivity index (χ1) is 17.2. The van der Waals surface area contributed by atoms with E-state index in [2.05, 4.69) is 30.9 Å². The van der Waals surface area contributed by atoms with E-state index >= 15 is 0 Å². The summed E-state index contributed by atoms with van der Waals surface area (Å²) in [5.41, 5.74) is 0.168. The number of nitrogens with zero attached hydrogens (tertiary/aromatic N) is 4. The molecule has 2 aromatic heterocycles. The van der Waals surface area contributed by atoms with Crippen LogP contribution in [-0.4, -0.2) is 48.3 Å². The second kappa shape index (κ2) is 10.5. The van der Waals surface area contributed by atoms with Gasteiger partial charge in [0.25, 0.3) is 5.91 Å². The van der Waals surface area contributed by atoms with Crippen molar-refractivity contribution >= 4 is 5.91 Å². The first kappa shape index (κ1) is 24.8. The molecule has 0 fully saturated rings. The van der Waals surface area contributed by atoms with Crippen LogP contribution in [0.15, 0.2) is 60.7 Å². The summed E-state index contributed by atoms with van der Waals surface area (Å²) in [4.78, 5) is 17.0. The van der Waals surface area contributed by atoms with Crippen molar-refractivity contribution in [3.8, 4) is 22.8 Å². The maximum Gasteiger partial charge on any atom is 0.416 e. The molecule has 10 nitrogen and oxygen atoms in total. The highest BCUT2D eigenvalue weighted by Crippen LogP contribution is 2.34. The number of benzene rings is 2. The highest BCUT2D eigenvalue weighted by atomic mass is 19.4. The van der Waals surface area contributed by atoms with Crippen LogP contribution in [0.1, 0.15) is 33.5 Å². The third-order valence-electron chi connectivity index (χ3n) is 5.02. The van der Waals surface area contributed by atoms with E-state index < -0.39 is 30.4 Å². The molecule has 0 aliphatic carbocycles. The van der Waals surface area contributed by atoms with Gasteiger partial charge in [0, 0.05) is 5.56 Å². The van der Waals surface area contributed by atoms with E-state index in [9.17, 15) is 23.1 Å². The Hall–Kier alpha value is -4.36. The number of hydrogen-bond acceptors (Lipinski definition) is 8. The molecule has 4 aromatic rings. The van der Waals surface area contributed by atoms with Crippen LogP contribution in [0.2, 0.25) is 0 Å². The Morgan fingerprint density at radius 3 is 2.56 bits per heavy atom. The molecular formula is C23H19F3N6O4. The standard InChI is InChI=1S/C23H19F3N6O4/c24-23(25,26)14-6-9-20(16(10-14)22(35)27-11-21-29-31-32-30-21)36-15-7-4-13(5-8-15)17-2-1-3-18(28-17)19(34)12-33/h1-10,19,33-34H,11-12H2,(H,27,35)(H,29,30,31,32). The second-order valence-electron chi connectivity index (χ2n) is 7.51. The summed E-state index contributed by atoms with van der Waals surface area (Å²) in [6.45, 7) is -0.602. The summed E-state index contributed by atoms with van der Waals surface area (Å²) in [6.07, 6.45) is -5.77. The molecule has 36 heavy (non-hydrogen) atoms. The average Bonchev–Trinajstić information content (AvgIpc) is 3.41. The molecule has 4 N–H and O–H groups in total. The molecule has 1 amide bonds. The minimum absolute atomic E-state index is 0.0878. The topological polar surface area (TPSA) is 146 Å². The van der Waals surface area contributed by atoms with E-state index in [1.165, 1.54) is 0 Å². The van der Waals surface area contributed by atoms with Crippen molar-refractivity contribution in [2.24, 2.45) is 0 Å². The van der Waals surface area contributed by atoms with Crippen LogP contribution in [-0.2, 0) is 12.7 Å². The average molecular weight is 500 g/mol. The summed E-state index contributed by atoms with van der Waals surface area (Å²) >= 11 is 0. The SMILES string of the molecule is O=C(NCc1nnn[nH]1)c1cc(C(F)(F)F)ccc1Oc1ccc(-c2cccc(C(O)CO)n2)cc1. The molecule has 186 valence electrons. The van der Waals surface area contributed by atoms with Crippen LogP contribution in [0, 0.1) is 0 Å². The van der Waals surface area contributed by atoms with Crippen LogP contribution < -0.4 is 10.1 Å². The zero-order chi connectivity index (χ0) is 25.7. The van der Waals surface area contributed by atoms with Crippen LogP contribution in [0.25, 0.3) is 11.3 Å². The first-order valence-corrected chi connectivity index (χ1v) is 10.5. The predicted octanol–water partition coefficient (Wildman–Crippen LogP) is 3.03. The minimum Gasteiger partial charge on any atom is -0.457 e. The number of amides is 1. The fourth-order valence-corrected chi connectivity index (χ4v) is 3.20. The van der Waals surface area contributed by atoms with Gasteiger partial charge in [-0.1, -0.05) is 6.07 Å². The zero-order valence-electron chi connectivity index (χ0n) is 18.4. The lowest BCUT2D eigenvalue weighted by Crippen LogP contribution is -2.24. The van der Waals surface area contributed by atoms with Crippen molar-refractivity contribution in [3.63, 3.8) is 0 Å². The number of H-pyrrole nitrogens is 1. The Labute approximate surface area is 201 Å². The molecule has 0 aliphatic heterocycles. The smallest absolute Gasteiger partial charge is 0.416 e. The number of nitrogens with one attached hydrogen (secondary N) is 2. The summed E-state index contributed by atoms with van der Waals surface area (Å²) in [5, 5.41) is 34.1. The molecule has 2 heterocycles. The van der Waals surface area contributed by atoms with E-state index in [0.29, 0.717) is 23.0 Å². The molecule has 0 bridgehead atoms. The number of rotatable bonds is 8. The lowest BCUT2D eigenvalue weighted by atomic mass is 10.1. The number of aliphatic hydroxyl groups excluding tert-OH is 2. The number of pyridine rings is 1. The molecule has 4 rings (SSSR count). The van der Waals surface area contributed by atoms with Crippen LogP contribution in [0.4, 0.5) is 13.2 Å². The molecular weight excluding hydrogens is 481 g/mol. The summed E-state index contributed by atoms with van der Waals surface area (Å²) in [6, 6.07) is 14.0. The lowest BCUT2D eigenvalue weighted by molar-refractivity contribution is -0.137. The molecule has 0 saturated heterocycles. The number of ether oxygens (including phenoxy) is 1. The van der Waals surface area contributed by atoms with Gasteiger partial charge >= 0.3 is 6.18 Å². The quantitative estimate of drug-likeness (QED) is 0.289. The Kier molecular flexibility index (Phi) is 7.22. The number of aliphatic hydroxyl groups is 2. The Morgan fingerprint density at radius 2 is 1.89 bits per heavy atom. The normalized spacial score (nSPS) is 12.2. The van der Waals surface area contributed by atoms with Gasteiger partial charge in [-0.2, -0.15) is 13.2 Å². The molecule has 0 aliphatic rings. The summed E-state index contributed by atoms with van der Waals surface area (Å²) in [7, 11) is 0. The van der Waals surface area contributed by atoms with E-state index in [1.54, 1.807) is 42.5 Å². The van der Waals surface area contributed by atoms with Gasteiger partial charge < -0.3 is 20.3 Å². The number of carbonyl (C=O) groups is 1. The number of halogens is 3. The maximum absolute atomic E-state index is 13.3. The van der Waals surface area contributed by atoms with Gasteiger partial charge in [0.15, 0.2) is 5.82 Å². The highest BCUT2D eigenvalue weighted by Gasteiger charge is 2.32. The number of aromatic amines is 1. The number of hydrogen-bond donors (Lipinski definition) is 4. The molecule has 0 spiro atoms. The largest absolute Gasteiger partial charge is 0.457 e. The van der Waals surface area contributed by atoms with Gasteiger partial charge in [-0.3, -0.25) is 4.79 Å². The van der Waals surface area contributed by atoms with Crippen LogP contribution >= 0.6 is 0 Å². The van der Waals surface area contributed by atoms with E-state index in [1.807, 2.05) is 0 Å². The van der Waals surface area contributed by atoms with Gasteiger partial charge in [0.05, 0.1) is 35.7 Å². The van der Waals surface area contributed by atoms with Gasteiger partial charge in [-0.05, 0) is 65.0 Å². The van der Waals surface area contributed by atoms with E-state index in [4.69, 9.17) is 9.84 Å². The molecule has 0 saturated carbocycles. The van der Waals surface area contributed by atoms with E-state index in [-0.39, 0.29) is 29.4 Å². The molecule has 2 aromatic carbocycles. The molecule has 1 unspecified atom stereocenters. The maximum atomic E-state index is 13.3. The predicted molar refractivity (Wildman–Crippen MR) is 119 cm³/mol. The third-order valence-corrected chi connectivity index (χ3v) is 5.02. The Bertz CT molecular complexity index is 1330. The van der Waals surface area contributed by atoms with Crippen molar-refractivity contribution in [2.75, 3.05) is 6.61 Å². The van der Waals surface area contributed by atoms with Crippen molar-refractivity contribution in [1.29, 1.82) is 0 Å². The molecule has 1 atom stereocenters. The number of alkyl halides is 3. The van der Waals surface area contributed by atoms with E-state index in [0.717, 1.165) is 12.1 Å².